The predicted molar refractivity (Wildman–Crippen MR) is 108 cm³/mol. The Balaban J connectivity index is 3.02. The Labute approximate surface area is 155 Å². The fourth-order valence-corrected chi connectivity index (χ4v) is 3.76. The van der Waals surface area contributed by atoms with Crippen LogP contribution in [0.5, 0.6) is 5.75 Å². The normalized spacial score (nSPS) is 13.6. The minimum Gasteiger partial charge on any atom is -0.508 e. The van der Waals surface area contributed by atoms with E-state index >= 15 is 0 Å². The first kappa shape index (κ1) is 21.7. The van der Waals surface area contributed by atoms with Crippen molar-refractivity contribution in [3.8, 4) is 5.75 Å². The van der Waals surface area contributed by atoms with E-state index in [0.717, 1.165) is 48.7 Å². The van der Waals surface area contributed by atoms with E-state index in [4.69, 9.17) is 0 Å². The number of hydrogen-bond acceptors (Lipinski definition) is 2. The van der Waals surface area contributed by atoms with Crippen LogP contribution in [0.2, 0.25) is 0 Å². The lowest BCUT2D eigenvalue weighted by Gasteiger charge is -2.20. The van der Waals surface area contributed by atoms with Gasteiger partial charge in [0.05, 0.1) is 0 Å². The van der Waals surface area contributed by atoms with Gasteiger partial charge in [0.25, 0.3) is 0 Å². The Hall–Kier alpha value is -1.31. The first-order valence-electron chi connectivity index (χ1n) is 10.4. The van der Waals surface area contributed by atoms with Gasteiger partial charge < -0.3 is 5.11 Å². The van der Waals surface area contributed by atoms with Crippen molar-refractivity contribution in [2.45, 2.75) is 91.9 Å². The zero-order valence-corrected chi connectivity index (χ0v) is 16.8. The summed E-state index contributed by atoms with van der Waals surface area (Å²) >= 11 is 0. The highest BCUT2D eigenvalue weighted by Crippen LogP contribution is 2.29. The average molecular weight is 347 g/mol. The lowest BCUT2D eigenvalue weighted by molar-refractivity contribution is 0.112. The molecule has 0 saturated carbocycles. The van der Waals surface area contributed by atoms with Gasteiger partial charge in [0.2, 0.25) is 0 Å². The second-order valence-corrected chi connectivity index (χ2v) is 7.54. The maximum atomic E-state index is 11.8. The zero-order valence-electron chi connectivity index (χ0n) is 16.8. The number of rotatable bonds is 13. The maximum Gasteiger partial charge on any atom is 0.150 e. The summed E-state index contributed by atoms with van der Waals surface area (Å²) in [6, 6.07) is 3.63. The number of aromatic hydroxyl groups is 1. The van der Waals surface area contributed by atoms with Gasteiger partial charge in [0.1, 0.15) is 5.75 Å². The van der Waals surface area contributed by atoms with Crippen LogP contribution in [-0.4, -0.2) is 11.4 Å². The van der Waals surface area contributed by atoms with E-state index in [0.29, 0.717) is 17.6 Å². The molecule has 1 rings (SSSR count). The summed E-state index contributed by atoms with van der Waals surface area (Å²) in [6.45, 7) is 8.89. The molecule has 0 bridgehead atoms. The molecule has 0 aromatic heterocycles. The fraction of sp³-hybridized carbons (Fsp3) is 0.696. The van der Waals surface area contributed by atoms with Crippen molar-refractivity contribution in [2.75, 3.05) is 0 Å². The van der Waals surface area contributed by atoms with Gasteiger partial charge >= 0.3 is 0 Å². The summed E-state index contributed by atoms with van der Waals surface area (Å²) in [4.78, 5) is 11.8. The molecule has 0 spiro atoms. The number of carbonyl (C=O) groups excluding carboxylic acids is 1. The van der Waals surface area contributed by atoms with E-state index in [1.54, 1.807) is 0 Å². The lowest BCUT2D eigenvalue weighted by atomic mass is 9.85. The van der Waals surface area contributed by atoms with E-state index < -0.39 is 0 Å². The van der Waals surface area contributed by atoms with Crippen molar-refractivity contribution in [1.82, 2.24) is 0 Å². The van der Waals surface area contributed by atoms with E-state index in [1.165, 1.54) is 38.5 Å². The van der Waals surface area contributed by atoms with Crippen LogP contribution in [0.15, 0.2) is 12.1 Å². The lowest BCUT2D eigenvalue weighted by Crippen LogP contribution is -2.10. The minimum absolute atomic E-state index is 0.311. The van der Waals surface area contributed by atoms with Crippen LogP contribution < -0.4 is 0 Å². The van der Waals surface area contributed by atoms with Crippen LogP contribution in [0, 0.1) is 11.8 Å². The van der Waals surface area contributed by atoms with Crippen molar-refractivity contribution < 1.29 is 9.90 Å². The Morgan fingerprint density at radius 3 is 1.64 bits per heavy atom. The number of carbonyl (C=O) groups is 1. The smallest absolute Gasteiger partial charge is 0.150 e. The molecular weight excluding hydrogens is 308 g/mol. The summed E-state index contributed by atoms with van der Waals surface area (Å²) in [5, 5.41) is 10.2. The molecule has 1 aromatic rings. The van der Waals surface area contributed by atoms with Crippen LogP contribution in [0.25, 0.3) is 0 Å². The molecule has 0 fully saturated rings. The van der Waals surface area contributed by atoms with E-state index in [1.807, 2.05) is 12.1 Å². The zero-order chi connectivity index (χ0) is 18.7. The first-order chi connectivity index (χ1) is 12.1. The second-order valence-electron chi connectivity index (χ2n) is 7.54. The van der Waals surface area contributed by atoms with Gasteiger partial charge in [0, 0.05) is 5.56 Å². The third-order valence-electron chi connectivity index (χ3n) is 5.56. The van der Waals surface area contributed by atoms with E-state index in [-0.39, 0.29) is 0 Å². The molecule has 0 heterocycles. The summed E-state index contributed by atoms with van der Waals surface area (Å²) in [5.41, 5.74) is 2.92. The van der Waals surface area contributed by atoms with Crippen LogP contribution in [0.3, 0.4) is 0 Å². The molecule has 1 aromatic carbocycles. The molecule has 0 amide bonds. The highest BCUT2D eigenvalue weighted by atomic mass is 16.3. The summed E-state index contributed by atoms with van der Waals surface area (Å²) in [6.07, 6.45) is 12.3. The first-order valence-corrected chi connectivity index (χ1v) is 10.4. The topological polar surface area (TPSA) is 37.3 Å². The van der Waals surface area contributed by atoms with Crippen molar-refractivity contribution in [3.63, 3.8) is 0 Å². The molecule has 2 heteroatoms. The second kappa shape index (κ2) is 12.1. The van der Waals surface area contributed by atoms with Gasteiger partial charge in [-0.15, -0.1) is 0 Å². The molecule has 0 saturated heterocycles. The third-order valence-corrected chi connectivity index (χ3v) is 5.56. The number of benzene rings is 1. The molecule has 0 aliphatic rings. The SMILES string of the molecule is CCCCC(CC)Cc1cc(O)cc(CC(CC)CCCC)c1C=O. The molecule has 0 radical (unpaired) electrons. The van der Waals surface area contributed by atoms with Gasteiger partial charge in [-0.2, -0.15) is 0 Å². The average Bonchev–Trinajstić information content (AvgIpc) is 2.61. The molecule has 1 N–H and O–H groups in total. The van der Waals surface area contributed by atoms with Crippen LogP contribution in [-0.2, 0) is 12.8 Å². The summed E-state index contributed by atoms with van der Waals surface area (Å²) in [5.74, 6) is 1.50. The van der Waals surface area contributed by atoms with Crippen LogP contribution >= 0.6 is 0 Å². The van der Waals surface area contributed by atoms with Crippen LogP contribution in [0.1, 0.15) is 101 Å². The summed E-state index contributed by atoms with van der Waals surface area (Å²) < 4.78 is 0. The molecule has 2 atom stereocenters. The molecular formula is C23H38O2. The number of phenolic OH excluding ortho intramolecular Hbond substituents is 1. The molecule has 0 aliphatic heterocycles. The highest BCUT2D eigenvalue weighted by Gasteiger charge is 2.17. The Kier molecular flexibility index (Phi) is 10.5. The van der Waals surface area contributed by atoms with E-state index in [9.17, 15) is 9.90 Å². The van der Waals surface area contributed by atoms with E-state index in [2.05, 4.69) is 27.7 Å². The molecule has 2 unspecified atom stereocenters. The molecule has 142 valence electrons. The molecule has 2 nitrogen and oxygen atoms in total. The van der Waals surface area contributed by atoms with Gasteiger partial charge in [-0.1, -0.05) is 79.1 Å². The van der Waals surface area contributed by atoms with Gasteiger partial charge in [-0.25, -0.2) is 0 Å². The van der Waals surface area contributed by atoms with Crippen LogP contribution in [0.4, 0.5) is 0 Å². The minimum atomic E-state index is 0.311. The monoisotopic (exact) mass is 346 g/mol. The van der Waals surface area contributed by atoms with Crippen molar-refractivity contribution in [2.24, 2.45) is 11.8 Å². The maximum absolute atomic E-state index is 11.8. The van der Waals surface area contributed by atoms with Crippen molar-refractivity contribution in [3.05, 3.63) is 28.8 Å². The number of aldehydes is 1. The third kappa shape index (κ3) is 7.22. The largest absolute Gasteiger partial charge is 0.508 e. The quantitative estimate of drug-likeness (QED) is 0.402. The van der Waals surface area contributed by atoms with Gasteiger partial charge in [-0.05, 0) is 47.9 Å². The molecule has 0 aliphatic carbocycles. The van der Waals surface area contributed by atoms with Gasteiger partial charge in [0.15, 0.2) is 6.29 Å². The fourth-order valence-electron chi connectivity index (χ4n) is 3.76. The standard InChI is InChI=1S/C23H38O2/c1-5-9-11-18(7-3)13-20-15-22(25)16-21(23(20)17-24)14-19(8-4)12-10-6-2/h15-19,25H,5-14H2,1-4H3. The Morgan fingerprint density at radius 1 is 0.880 bits per heavy atom. The Bertz CT molecular complexity index is 468. The molecule has 25 heavy (non-hydrogen) atoms. The predicted octanol–water partition coefficient (Wildman–Crippen LogP) is 6.72. The number of hydrogen-bond donors (Lipinski definition) is 1. The Morgan fingerprint density at radius 2 is 1.32 bits per heavy atom. The number of unbranched alkanes of at least 4 members (excludes halogenated alkanes) is 2. The van der Waals surface area contributed by atoms with Crippen molar-refractivity contribution >= 4 is 6.29 Å². The highest BCUT2D eigenvalue weighted by molar-refractivity contribution is 5.80. The van der Waals surface area contributed by atoms with Gasteiger partial charge in [-0.3, -0.25) is 4.79 Å². The van der Waals surface area contributed by atoms with Crippen molar-refractivity contribution in [1.29, 1.82) is 0 Å². The summed E-state index contributed by atoms with van der Waals surface area (Å²) in [7, 11) is 0. The number of phenols is 1.